The van der Waals surface area contributed by atoms with Crippen LogP contribution in [0.25, 0.3) is 0 Å². The van der Waals surface area contributed by atoms with Crippen LogP contribution in [0.3, 0.4) is 0 Å². The maximum atomic E-state index is 5.55. The quantitative estimate of drug-likeness (QED) is 0.470. The average molecular weight is 275 g/mol. The summed E-state index contributed by atoms with van der Waals surface area (Å²) in [5.74, 6) is 0. The summed E-state index contributed by atoms with van der Waals surface area (Å²) >= 11 is 4.92. The second-order valence-corrected chi connectivity index (χ2v) is 5.07. The Bertz CT molecular complexity index is 233. The molecule has 0 radical (unpaired) electrons. The van der Waals surface area contributed by atoms with Crippen molar-refractivity contribution in [3.05, 3.63) is 0 Å². The molecule has 0 aliphatic carbocycles. The van der Waals surface area contributed by atoms with Crippen LogP contribution in [0.5, 0.6) is 0 Å². The van der Waals surface area contributed by atoms with Crippen molar-refractivity contribution in [1.82, 2.24) is 9.80 Å². The van der Waals surface area contributed by atoms with E-state index in [0.29, 0.717) is 18.2 Å². The van der Waals surface area contributed by atoms with Crippen LogP contribution in [0, 0.1) is 0 Å². The number of piperazine rings is 1. The molecule has 0 unspecified atom stereocenters. The van der Waals surface area contributed by atoms with Gasteiger partial charge in [-0.1, -0.05) is 12.2 Å². The van der Waals surface area contributed by atoms with Crippen LogP contribution >= 0.6 is 12.2 Å². The molecule has 0 amide bonds. The molecule has 0 saturated carbocycles. The van der Waals surface area contributed by atoms with Gasteiger partial charge in [0.25, 0.3) is 0 Å². The van der Waals surface area contributed by atoms with Crippen LogP contribution in [0.15, 0.2) is 0 Å². The van der Waals surface area contributed by atoms with E-state index in [0.717, 1.165) is 52.3 Å². The Morgan fingerprint density at radius 3 is 2.39 bits per heavy atom. The number of ether oxygens (including phenoxy) is 2. The number of hydrogen-bond donors (Lipinski definition) is 1. The number of rotatable bonds is 9. The van der Waals surface area contributed by atoms with Gasteiger partial charge in [0.1, 0.15) is 0 Å². The molecular weight excluding hydrogens is 250 g/mol. The molecule has 0 aromatic carbocycles. The molecule has 0 bridgehead atoms. The monoisotopic (exact) mass is 275 g/mol. The maximum Gasteiger partial charge on any atom is 0.0870 e. The normalized spacial score (nSPS) is 18.1. The molecule has 1 fully saturated rings. The van der Waals surface area contributed by atoms with Gasteiger partial charge in [-0.05, 0) is 6.42 Å². The third-order valence-electron chi connectivity index (χ3n) is 3.04. The summed E-state index contributed by atoms with van der Waals surface area (Å²) in [6, 6.07) is 0. The Morgan fingerprint density at radius 2 is 1.78 bits per heavy atom. The Balaban J connectivity index is 1.97. The van der Waals surface area contributed by atoms with E-state index in [1.165, 1.54) is 0 Å². The minimum atomic E-state index is 0.593. The summed E-state index contributed by atoms with van der Waals surface area (Å²) in [7, 11) is 1.69. The zero-order valence-corrected chi connectivity index (χ0v) is 12.1. The molecule has 1 aliphatic heterocycles. The Morgan fingerprint density at radius 1 is 1.11 bits per heavy atom. The van der Waals surface area contributed by atoms with Crippen LogP contribution in [0.1, 0.15) is 6.42 Å². The van der Waals surface area contributed by atoms with E-state index in [-0.39, 0.29) is 0 Å². The van der Waals surface area contributed by atoms with Crippen molar-refractivity contribution in [1.29, 1.82) is 0 Å². The molecular formula is C12H25N3O2S. The molecule has 1 rings (SSSR count). The smallest absolute Gasteiger partial charge is 0.0870 e. The fourth-order valence-corrected chi connectivity index (χ4v) is 2.21. The van der Waals surface area contributed by atoms with Crippen molar-refractivity contribution in [3.8, 4) is 0 Å². The largest absolute Gasteiger partial charge is 0.392 e. The first-order valence-corrected chi connectivity index (χ1v) is 6.93. The summed E-state index contributed by atoms with van der Waals surface area (Å²) in [4.78, 5) is 5.37. The third kappa shape index (κ3) is 7.23. The lowest BCUT2D eigenvalue weighted by atomic mass is 10.3. The Hall–Kier alpha value is -0.270. The fourth-order valence-electron chi connectivity index (χ4n) is 2.03. The molecule has 0 spiro atoms. The van der Waals surface area contributed by atoms with Crippen molar-refractivity contribution in [3.63, 3.8) is 0 Å². The zero-order chi connectivity index (χ0) is 13.2. The van der Waals surface area contributed by atoms with Crippen molar-refractivity contribution in [2.24, 2.45) is 5.73 Å². The highest BCUT2D eigenvalue weighted by atomic mass is 32.1. The Labute approximate surface area is 115 Å². The first kappa shape index (κ1) is 15.8. The highest BCUT2D eigenvalue weighted by molar-refractivity contribution is 7.80. The molecule has 106 valence electrons. The molecule has 1 saturated heterocycles. The van der Waals surface area contributed by atoms with Crippen molar-refractivity contribution < 1.29 is 9.47 Å². The van der Waals surface area contributed by atoms with Crippen LogP contribution in [0.4, 0.5) is 0 Å². The first-order chi connectivity index (χ1) is 8.72. The lowest BCUT2D eigenvalue weighted by molar-refractivity contribution is 0.0616. The second kappa shape index (κ2) is 9.63. The summed E-state index contributed by atoms with van der Waals surface area (Å²) in [6.07, 6.45) is 1.08. The summed E-state index contributed by atoms with van der Waals surface area (Å²) < 4.78 is 10.4. The van der Waals surface area contributed by atoms with Gasteiger partial charge in [-0.2, -0.15) is 0 Å². The van der Waals surface area contributed by atoms with Crippen LogP contribution in [-0.2, 0) is 9.47 Å². The molecule has 0 atom stereocenters. The number of nitrogens with two attached hydrogens (primary N) is 1. The topological polar surface area (TPSA) is 51.0 Å². The number of thiocarbonyl (C=S) groups is 1. The highest BCUT2D eigenvalue weighted by Gasteiger charge is 2.16. The van der Waals surface area contributed by atoms with E-state index in [4.69, 9.17) is 27.4 Å². The number of methoxy groups -OCH3 is 1. The summed E-state index contributed by atoms with van der Waals surface area (Å²) in [5, 5.41) is 0. The SMILES string of the molecule is COCCOCCCN1CCN(CC(N)=S)CC1. The van der Waals surface area contributed by atoms with E-state index >= 15 is 0 Å². The number of hydrogen-bond acceptors (Lipinski definition) is 5. The van der Waals surface area contributed by atoms with E-state index in [1.54, 1.807) is 7.11 Å². The van der Waals surface area contributed by atoms with Crippen LogP contribution in [-0.4, -0.2) is 81.0 Å². The van der Waals surface area contributed by atoms with Crippen molar-refractivity contribution in [2.45, 2.75) is 6.42 Å². The molecule has 18 heavy (non-hydrogen) atoms. The molecule has 6 heteroatoms. The fraction of sp³-hybridized carbons (Fsp3) is 0.917. The molecule has 5 nitrogen and oxygen atoms in total. The number of nitrogens with zero attached hydrogens (tertiary/aromatic N) is 2. The molecule has 1 aliphatic rings. The van der Waals surface area contributed by atoms with Gasteiger partial charge in [-0.15, -0.1) is 0 Å². The predicted octanol–water partition coefficient (Wildman–Crippen LogP) is -0.0568. The van der Waals surface area contributed by atoms with Gasteiger partial charge < -0.3 is 20.1 Å². The van der Waals surface area contributed by atoms with Gasteiger partial charge in [0.05, 0.1) is 18.2 Å². The van der Waals surface area contributed by atoms with Gasteiger partial charge in [0.2, 0.25) is 0 Å². The first-order valence-electron chi connectivity index (χ1n) is 6.52. The molecule has 0 aromatic heterocycles. The lowest BCUT2D eigenvalue weighted by Crippen LogP contribution is -2.48. The Kier molecular flexibility index (Phi) is 8.45. The van der Waals surface area contributed by atoms with Gasteiger partial charge in [0.15, 0.2) is 0 Å². The van der Waals surface area contributed by atoms with Gasteiger partial charge in [-0.25, -0.2) is 0 Å². The van der Waals surface area contributed by atoms with Gasteiger partial charge >= 0.3 is 0 Å². The minimum absolute atomic E-state index is 0.593. The molecule has 2 N–H and O–H groups in total. The van der Waals surface area contributed by atoms with E-state index in [2.05, 4.69) is 9.80 Å². The predicted molar refractivity (Wildman–Crippen MR) is 77.0 cm³/mol. The van der Waals surface area contributed by atoms with Crippen molar-refractivity contribution in [2.75, 3.05) is 66.2 Å². The zero-order valence-electron chi connectivity index (χ0n) is 11.3. The molecule has 0 aromatic rings. The van der Waals surface area contributed by atoms with Gasteiger partial charge in [0, 0.05) is 53.0 Å². The summed E-state index contributed by atoms with van der Waals surface area (Å²) in [6.45, 7) is 8.36. The highest BCUT2D eigenvalue weighted by Crippen LogP contribution is 2.02. The standard InChI is InChI=1S/C12H25N3O2S/c1-16-9-10-17-8-2-3-14-4-6-15(7-5-14)11-12(13)18/h2-11H2,1H3,(H2,13,18). The van der Waals surface area contributed by atoms with Crippen LogP contribution < -0.4 is 5.73 Å². The van der Waals surface area contributed by atoms with E-state index < -0.39 is 0 Å². The van der Waals surface area contributed by atoms with E-state index in [9.17, 15) is 0 Å². The van der Waals surface area contributed by atoms with Crippen LogP contribution in [0.2, 0.25) is 0 Å². The minimum Gasteiger partial charge on any atom is -0.392 e. The van der Waals surface area contributed by atoms with E-state index in [1.807, 2.05) is 0 Å². The molecule has 1 heterocycles. The van der Waals surface area contributed by atoms with Crippen molar-refractivity contribution >= 4 is 17.2 Å². The maximum absolute atomic E-state index is 5.55. The van der Waals surface area contributed by atoms with Gasteiger partial charge in [-0.3, -0.25) is 4.90 Å². The average Bonchev–Trinajstić information content (AvgIpc) is 2.35. The summed E-state index contributed by atoms with van der Waals surface area (Å²) in [5.41, 5.74) is 5.55. The second-order valence-electron chi connectivity index (χ2n) is 4.54. The lowest BCUT2D eigenvalue weighted by Gasteiger charge is -2.34. The third-order valence-corrected chi connectivity index (χ3v) is 3.17.